The smallest absolute Gasteiger partial charge is 0.410 e. The van der Waals surface area contributed by atoms with E-state index in [1.807, 2.05) is 32.9 Å². The Morgan fingerprint density at radius 3 is 2.77 bits per heavy atom. The summed E-state index contributed by atoms with van der Waals surface area (Å²) in [4.78, 5) is 14.0. The number of carbonyl (C=O) groups is 1. The van der Waals surface area contributed by atoms with Crippen molar-refractivity contribution in [3.63, 3.8) is 0 Å². The molecule has 0 aromatic heterocycles. The van der Waals surface area contributed by atoms with E-state index in [1.54, 1.807) is 12.0 Å². The average Bonchev–Trinajstić information content (AvgIpc) is 2.89. The fourth-order valence-corrected chi connectivity index (χ4v) is 3.18. The quantitative estimate of drug-likeness (QED) is 0.800. The zero-order valence-electron chi connectivity index (χ0n) is 13.6. The third-order valence-electron chi connectivity index (χ3n) is 4.15. The van der Waals surface area contributed by atoms with Crippen LogP contribution in [0.1, 0.15) is 37.8 Å². The van der Waals surface area contributed by atoms with Crippen molar-refractivity contribution in [2.45, 2.75) is 45.0 Å². The lowest BCUT2D eigenvalue weighted by molar-refractivity contribution is 0.0120. The molecule has 5 nitrogen and oxygen atoms in total. The van der Waals surface area contributed by atoms with Crippen LogP contribution in [-0.4, -0.2) is 42.9 Å². The second-order valence-electron chi connectivity index (χ2n) is 6.87. The van der Waals surface area contributed by atoms with Crippen molar-refractivity contribution in [1.29, 1.82) is 0 Å². The normalized spacial score (nSPS) is 23.7. The van der Waals surface area contributed by atoms with Gasteiger partial charge in [0.15, 0.2) is 0 Å². The molecular formula is C17H23NO4. The Balaban J connectivity index is 1.80. The first kappa shape index (κ1) is 15.2. The van der Waals surface area contributed by atoms with E-state index in [0.717, 1.165) is 11.3 Å². The van der Waals surface area contributed by atoms with E-state index in [2.05, 4.69) is 6.07 Å². The van der Waals surface area contributed by atoms with Crippen molar-refractivity contribution in [2.75, 3.05) is 20.2 Å². The highest BCUT2D eigenvalue weighted by molar-refractivity contribution is 5.69. The highest BCUT2D eigenvalue weighted by Gasteiger charge is 2.42. The zero-order valence-corrected chi connectivity index (χ0v) is 13.6. The number of benzene rings is 1. The SMILES string of the molecule is COc1cccc2c1COC1CN(C(=O)OC(C)(C)C)C[C@@H]21. The molecule has 0 aliphatic carbocycles. The molecule has 2 atom stereocenters. The van der Waals surface area contributed by atoms with Gasteiger partial charge in [0.05, 0.1) is 26.4 Å². The molecule has 0 radical (unpaired) electrons. The molecule has 0 bridgehead atoms. The Bertz CT molecular complexity index is 579. The molecule has 2 aliphatic heterocycles. The maximum absolute atomic E-state index is 12.3. The Hall–Kier alpha value is -1.75. The Labute approximate surface area is 131 Å². The van der Waals surface area contributed by atoms with Crippen LogP contribution in [0.15, 0.2) is 18.2 Å². The minimum atomic E-state index is -0.479. The van der Waals surface area contributed by atoms with E-state index in [9.17, 15) is 4.79 Å². The lowest BCUT2D eigenvalue weighted by atomic mass is 9.89. The highest BCUT2D eigenvalue weighted by Crippen LogP contribution is 2.40. The fraction of sp³-hybridized carbons (Fsp3) is 0.588. The maximum Gasteiger partial charge on any atom is 0.410 e. The highest BCUT2D eigenvalue weighted by atomic mass is 16.6. The van der Waals surface area contributed by atoms with Gasteiger partial charge in [-0.1, -0.05) is 12.1 Å². The molecule has 120 valence electrons. The predicted molar refractivity (Wildman–Crippen MR) is 82.1 cm³/mol. The zero-order chi connectivity index (χ0) is 15.9. The van der Waals surface area contributed by atoms with E-state index in [4.69, 9.17) is 14.2 Å². The van der Waals surface area contributed by atoms with E-state index < -0.39 is 5.60 Å². The Morgan fingerprint density at radius 1 is 1.32 bits per heavy atom. The summed E-state index contributed by atoms with van der Waals surface area (Å²) < 4.78 is 16.8. The summed E-state index contributed by atoms with van der Waals surface area (Å²) in [6.07, 6.45) is -0.234. The molecule has 0 spiro atoms. The first-order valence-corrected chi connectivity index (χ1v) is 7.64. The van der Waals surface area contributed by atoms with Gasteiger partial charge in [-0.25, -0.2) is 4.79 Å². The third-order valence-corrected chi connectivity index (χ3v) is 4.15. The number of carbonyl (C=O) groups excluding carboxylic acids is 1. The number of hydrogen-bond donors (Lipinski definition) is 0. The number of likely N-dealkylation sites (tertiary alicyclic amines) is 1. The molecule has 1 saturated heterocycles. The molecule has 3 rings (SSSR count). The Morgan fingerprint density at radius 2 is 2.09 bits per heavy atom. The van der Waals surface area contributed by atoms with Gasteiger partial charge in [0.1, 0.15) is 11.4 Å². The van der Waals surface area contributed by atoms with Gasteiger partial charge in [-0.05, 0) is 32.4 Å². The van der Waals surface area contributed by atoms with Crippen LogP contribution in [-0.2, 0) is 16.1 Å². The van der Waals surface area contributed by atoms with Crippen LogP contribution in [0.5, 0.6) is 5.75 Å². The van der Waals surface area contributed by atoms with Gasteiger partial charge in [-0.3, -0.25) is 0 Å². The second-order valence-corrected chi connectivity index (χ2v) is 6.87. The van der Waals surface area contributed by atoms with Gasteiger partial charge >= 0.3 is 6.09 Å². The van der Waals surface area contributed by atoms with Crippen molar-refractivity contribution >= 4 is 6.09 Å². The van der Waals surface area contributed by atoms with Crippen LogP contribution < -0.4 is 4.74 Å². The minimum Gasteiger partial charge on any atom is -0.496 e. The lowest BCUT2D eigenvalue weighted by Gasteiger charge is -2.28. The molecule has 2 heterocycles. The predicted octanol–water partition coefficient (Wildman–Crippen LogP) is 2.93. The molecule has 1 fully saturated rings. The van der Waals surface area contributed by atoms with E-state index in [0.29, 0.717) is 19.7 Å². The number of amides is 1. The van der Waals surface area contributed by atoms with Crippen molar-refractivity contribution < 1.29 is 19.0 Å². The molecule has 22 heavy (non-hydrogen) atoms. The topological polar surface area (TPSA) is 48.0 Å². The number of rotatable bonds is 1. The molecule has 0 saturated carbocycles. The standard InChI is InChI=1S/C17H23NO4/c1-17(2,3)22-16(19)18-8-12-11-6-5-7-14(20-4)13(11)10-21-15(12)9-18/h5-7,12,15H,8-10H2,1-4H3/t12-,15?/m0/s1. The molecule has 1 aromatic rings. The first-order valence-electron chi connectivity index (χ1n) is 7.64. The van der Waals surface area contributed by atoms with Crippen molar-refractivity contribution in [3.8, 4) is 5.75 Å². The van der Waals surface area contributed by atoms with Crippen molar-refractivity contribution in [1.82, 2.24) is 4.90 Å². The van der Waals surface area contributed by atoms with E-state index in [1.165, 1.54) is 5.56 Å². The summed E-state index contributed by atoms with van der Waals surface area (Å²) in [5, 5.41) is 0. The molecule has 1 unspecified atom stereocenters. The minimum absolute atomic E-state index is 0.0344. The van der Waals surface area contributed by atoms with Crippen LogP contribution in [0, 0.1) is 0 Å². The second kappa shape index (κ2) is 5.47. The van der Waals surface area contributed by atoms with Crippen LogP contribution in [0.25, 0.3) is 0 Å². The average molecular weight is 305 g/mol. The van der Waals surface area contributed by atoms with Crippen molar-refractivity contribution in [3.05, 3.63) is 29.3 Å². The van der Waals surface area contributed by atoms with Crippen molar-refractivity contribution in [2.24, 2.45) is 0 Å². The van der Waals surface area contributed by atoms with E-state index >= 15 is 0 Å². The van der Waals surface area contributed by atoms with E-state index in [-0.39, 0.29) is 18.1 Å². The fourth-order valence-electron chi connectivity index (χ4n) is 3.18. The van der Waals surface area contributed by atoms with Crippen LogP contribution in [0.4, 0.5) is 4.79 Å². The number of fused-ring (bicyclic) bond motifs is 3. The number of hydrogen-bond acceptors (Lipinski definition) is 4. The molecule has 0 N–H and O–H groups in total. The van der Waals surface area contributed by atoms with Gasteiger partial charge in [0.2, 0.25) is 0 Å². The number of ether oxygens (including phenoxy) is 3. The molecule has 5 heteroatoms. The third kappa shape index (κ3) is 2.77. The van der Waals surface area contributed by atoms with Gasteiger partial charge < -0.3 is 19.1 Å². The van der Waals surface area contributed by atoms with Gasteiger partial charge in [0.25, 0.3) is 0 Å². The summed E-state index contributed by atoms with van der Waals surface area (Å²) in [6, 6.07) is 6.05. The largest absolute Gasteiger partial charge is 0.496 e. The van der Waals surface area contributed by atoms with Crippen LogP contribution in [0.2, 0.25) is 0 Å². The van der Waals surface area contributed by atoms with Crippen LogP contribution in [0.3, 0.4) is 0 Å². The molecule has 1 amide bonds. The number of methoxy groups -OCH3 is 1. The maximum atomic E-state index is 12.3. The summed E-state index contributed by atoms with van der Waals surface area (Å²) >= 11 is 0. The Kier molecular flexibility index (Phi) is 3.77. The lowest BCUT2D eigenvalue weighted by Crippen LogP contribution is -2.36. The first-order chi connectivity index (χ1) is 10.4. The number of nitrogens with zero attached hydrogens (tertiary/aromatic N) is 1. The van der Waals surface area contributed by atoms with Gasteiger partial charge in [-0.2, -0.15) is 0 Å². The molecule has 2 aliphatic rings. The van der Waals surface area contributed by atoms with Gasteiger partial charge in [-0.15, -0.1) is 0 Å². The monoisotopic (exact) mass is 305 g/mol. The summed E-state index contributed by atoms with van der Waals surface area (Å²) in [5.41, 5.74) is 1.84. The molecule has 1 aromatic carbocycles. The summed E-state index contributed by atoms with van der Waals surface area (Å²) in [6.45, 7) is 7.37. The summed E-state index contributed by atoms with van der Waals surface area (Å²) in [7, 11) is 1.67. The van der Waals surface area contributed by atoms with Gasteiger partial charge in [0, 0.05) is 18.0 Å². The van der Waals surface area contributed by atoms with Crippen LogP contribution >= 0.6 is 0 Å². The summed E-state index contributed by atoms with van der Waals surface area (Å²) in [5.74, 6) is 1.04. The molecular weight excluding hydrogens is 282 g/mol.